The van der Waals surface area contributed by atoms with Gasteiger partial charge >= 0.3 is 0 Å². The molecule has 2 aliphatic heterocycles. The molecule has 0 unspecified atom stereocenters. The number of nitrogens with zero attached hydrogens (tertiary/aromatic N) is 3. The molecule has 1 fully saturated rings. The molecule has 168 valence electrons. The highest BCUT2D eigenvalue weighted by atomic mass is 16.6. The predicted octanol–water partition coefficient (Wildman–Crippen LogP) is 2.07. The third-order valence-electron chi connectivity index (χ3n) is 6.09. The molecule has 0 aliphatic carbocycles. The monoisotopic (exact) mass is 429 g/mol. The maximum Gasteiger partial charge on any atom is 0.257 e. The van der Waals surface area contributed by atoms with Crippen molar-refractivity contribution < 1.29 is 23.8 Å². The first kappa shape index (κ1) is 23.0. The van der Waals surface area contributed by atoms with E-state index in [9.17, 15) is 14.9 Å². The maximum atomic E-state index is 13.2. The van der Waals surface area contributed by atoms with Crippen LogP contribution in [-0.4, -0.2) is 80.8 Å². The standard InChI is InChI=1S/C23H31N3O5/c1-15-13-26(3)23(28)18-7-5-6-16(12-24)21(18)30-14-20-19(29-4)9-8-17(31-20)10-11-25(2)22(15)27/h5-7,15,17,19-20H,8-11,13-14H2,1-4H3/t15-,17+,19-,20+/m0/s1. The Kier molecular flexibility index (Phi) is 7.52. The Balaban J connectivity index is 1.96. The zero-order chi connectivity index (χ0) is 22.5. The zero-order valence-corrected chi connectivity index (χ0v) is 18.7. The van der Waals surface area contributed by atoms with Gasteiger partial charge in [-0.05, 0) is 31.4 Å². The number of nitriles is 1. The predicted molar refractivity (Wildman–Crippen MR) is 114 cm³/mol. The quantitative estimate of drug-likeness (QED) is 0.679. The second-order valence-corrected chi connectivity index (χ2v) is 8.39. The molecule has 8 nitrogen and oxygen atoms in total. The molecule has 0 aromatic heterocycles. The van der Waals surface area contributed by atoms with E-state index in [0.29, 0.717) is 12.1 Å². The van der Waals surface area contributed by atoms with E-state index < -0.39 is 0 Å². The van der Waals surface area contributed by atoms with Gasteiger partial charge in [-0.3, -0.25) is 9.59 Å². The first-order valence-corrected chi connectivity index (χ1v) is 10.7. The van der Waals surface area contributed by atoms with Crippen molar-refractivity contribution in [1.82, 2.24) is 9.80 Å². The summed E-state index contributed by atoms with van der Waals surface area (Å²) in [5, 5.41) is 9.57. The summed E-state index contributed by atoms with van der Waals surface area (Å²) < 4.78 is 17.9. The molecule has 1 aromatic rings. The number of rotatable bonds is 1. The zero-order valence-electron chi connectivity index (χ0n) is 18.7. The van der Waals surface area contributed by atoms with Gasteiger partial charge in [0.15, 0.2) is 0 Å². The van der Waals surface area contributed by atoms with Crippen molar-refractivity contribution >= 4 is 11.8 Å². The Morgan fingerprint density at radius 2 is 1.94 bits per heavy atom. The lowest BCUT2D eigenvalue weighted by Gasteiger charge is -2.36. The van der Waals surface area contributed by atoms with Crippen LogP contribution in [-0.2, 0) is 14.3 Å². The van der Waals surface area contributed by atoms with Crippen LogP contribution in [0.4, 0.5) is 0 Å². The first-order chi connectivity index (χ1) is 14.8. The third kappa shape index (κ3) is 5.17. The fraction of sp³-hybridized carbons (Fsp3) is 0.609. The van der Waals surface area contributed by atoms with Crippen molar-refractivity contribution in [2.24, 2.45) is 5.92 Å². The lowest BCUT2D eigenvalue weighted by atomic mass is 9.99. The number of benzene rings is 1. The van der Waals surface area contributed by atoms with Crippen molar-refractivity contribution in [3.05, 3.63) is 29.3 Å². The van der Waals surface area contributed by atoms with Crippen LogP contribution in [0.1, 0.15) is 42.1 Å². The molecule has 31 heavy (non-hydrogen) atoms. The molecular formula is C23H31N3O5. The highest BCUT2D eigenvalue weighted by Crippen LogP contribution is 2.29. The van der Waals surface area contributed by atoms with E-state index in [0.717, 1.165) is 19.3 Å². The second kappa shape index (κ2) is 10.1. The SMILES string of the molecule is CO[C@H]1CC[C@@H]2CCN(C)C(=O)[C@@H](C)CN(C)C(=O)c3cccc(C#N)c3OC[C@H]1O2. The van der Waals surface area contributed by atoms with Crippen LogP contribution < -0.4 is 4.74 Å². The average molecular weight is 430 g/mol. The molecule has 2 heterocycles. The summed E-state index contributed by atoms with van der Waals surface area (Å²) >= 11 is 0. The Morgan fingerprint density at radius 1 is 1.16 bits per heavy atom. The molecule has 2 bridgehead atoms. The maximum absolute atomic E-state index is 13.2. The lowest BCUT2D eigenvalue weighted by Crippen LogP contribution is -2.45. The van der Waals surface area contributed by atoms with Crippen molar-refractivity contribution in [2.45, 2.75) is 44.5 Å². The van der Waals surface area contributed by atoms with Gasteiger partial charge in [-0.2, -0.15) is 5.26 Å². The summed E-state index contributed by atoms with van der Waals surface area (Å²) in [6.45, 7) is 2.84. The Bertz CT molecular complexity index is 852. The highest BCUT2D eigenvalue weighted by Gasteiger charge is 2.33. The number of carbonyl (C=O) groups is 2. The number of carbonyl (C=O) groups excluding carboxylic acids is 2. The number of para-hydroxylation sites is 1. The van der Waals surface area contributed by atoms with E-state index in [-0.39, 0.29) is 60.5 Å². The number of amides is 2. The first-order valence-electron chi connectivity index (χ1n) is 10.7. The molecule has 3 rings (SSSR count). The van der Waals surface area contributed by atoms with Crippen molar-refractivity contribution in [2.75, 3.05) is 40.9 Å². The average Bonchev–Trinajstić information content (AvgIpc) is 2.79. The Morgan fingerprint density at radius 3 is 2.65 bits per heavy atom. The number of ether oxygens (including phenoxy) is 3. The van der Waals surface area contributed by atoms with Gasteiger partial charge in [-0.1, -0.05) is 13.0 Å². The molecule has 0 N–H and O–H groups in total. The van der Waals surface area contributed by atoms with E-state index in [1.807, 2.05) is 6.92 Å². The summed E-state index contributed by atoms with van der Waals surface area (Å²) in [6.07, 6.45) is 1.90. The summed E-state index contributed by atoms with van der Waals surface area (Å²) in [5.41, 5.74) is 0.583. The third-order valence-corrected chi connectivity index (χ3v) is 6.09. The lowest BCUT2D eigenvalue weighted by molar-refractivity contribution is -0.146. The molecule has 1 saturated heterocycles. The van der Waals surface area contributed by atoms with E-state index in [4.69, 9.17) is 14.2 Å². The van der Waals surface area contributed by atoms with Crippen molar-refractivity contribution in [1.29, 1.82) is 5.26 Å². The van der Waals surface area contributed by atoms with Crippen LogP contribution in [0.5, 0.6) is 5.75 Å². The van der Waals surface area contributed by atoms with Crippen molar-refractivity contribution in [3.63, 3.8) is 0 Å². The number of methoxy groups -OCH3 is 1. The number of hydrogen-bond acceptors (Lipinski definition) is 6. The van der Waals surface area contributed by atoms with Gasteiger partial charge in [-0.15, -0.1) is 0 Å². The smallest absolute Gasteiger partial charge is 0.257 e. The van der Waals surface area contributed by atoms with Crippen LogP contribution in [0.25, 0.3) is 0 Å². The van der Waals surface area contributed by atoms with Gasteiger partial charge in [0.1, 0.15) is 24.5 Å². The molecule has 2 amide bonds. The topological polar surface area (TPSA) is 92.1 Å². The van der Waals surface area contributed by atoms with Gasteiger partial charge in [0, 0.05) is 34.3 Å². The number of hydrogen-bond donors (Lipinski definition) is 0. The minimum Gasteiger partial charge on any atom is -0.489 e. The normalized spacial score (nSPS) is 28.1. The minimum atomic E-state index is -0.356. The largest absolute Gasteiger partial charge is 0.489 e. The van der Waals surface area contributed by atoms with Crippen LogP contribution in [0.2, 0.25) is 0 Å². The van der Waals surface area contributed by atoms with Crippen LogP contribution in [0.3, 0.4) is 0 Å². The minimum absolute atomic E-state index is 0.00864. The van der Waals surface area contributed by atoms with Gasteiger partial charge in [-0.25, -0.2) is 0 Å². The Labute approximate surface area is 183 Å². The highest BCUT2D eigenvalue weighted by molar-refractivity contribution is 5.97. The van der Waals surface area contributed by atoms with Gasteiger partial charge in [0.05, 0.1) is 29.3 Å². The molecule has 0 saturated carbocycles. The van der Waals surface area contributed by atoms with Gasteiger partial charge in [0.2, 0.25) is 5.91 Å². The molecule has 2 aliphatic rings. The fourth-order valence-electron chi connectivity index (χ4n) is 4.28. The molecule has 1 aromatic carbocycles. The summed E-state index contributed by atoms with van der Waals surface area (Å²) in [6, 6.07) is 7.04. The van der Waals surface area contributed by atoms with E-state index in [2.05, 4.69) is 6.07 Å². The Hall–Kier alpha value is -2.63. The van der Waals surface area contributed by atoms with Gasteiger partial charge < -0.3 is 24.0 Å². The van der Waals surface area contributed by atoms with E-state index in [1.54, 1.807) is 44.3 Å². The van der Waals surface area contributed by atoms with Crippen molar-refractivity contribution in [3.8, 4) is 11.8 Å². The van der Waals surface area contributed by atoms with Gasteiger partial charge in [0.25, 0.3) is 5.91 Å². The van der Waals surface area contributed by atoms with E-state index >= 15 is 0 Å². The molecule has 4 atom stereocenters. The number of fused-ring (bicyclic) bond motifs is 3. The molecular weight excluding hydrogens is 398 g/mol. The summed E-state index contributed by atoms with van der Waals surface area (Å²) in [4.78, 5) is 29.2. The fourth-order valence-corrected chi connectivity index (χ4v) is 4.28. The van der Waals surface area contributed by atoms with Crippen LogP contribution >= 0.6 is 0 Å². The molecule has 0 radical (unpaired) electrons. The molecule has 8 heteroatoms. The summed E-state index contributed by atoms with van der Waals surface area (Å²) in [5.74, 6) is -0.423. The summed E-state index contributed by atoms with van der Waals surface area (Å²) in [7, 11) is 5.09. The second-order valence-electron chi connectivity index (χ2n) is 8.39. The van der Waals surface area contributed by atoms with E-state index in [1.165, 1.54) is 4.90 Å². The molecule has 0 spiro atoms. The van der Waals surface area contributed by atoms with Crippen LogP contribution in [0, 0.1) is 17.2 Å². The van der Waals surface area contributed by atoms with Crippen LogP contribution in [0.15, 0.2) is 18.2 Å².